The van der Waals surface area contributed by atoms with Crippen molar-refractivity contribution >= 4 is 11.7 Å². The molecule has 154 valence electrons. The third-order valence-corrected chi connectivity index (χ3v) is 5.69. The molecule has 5 heteroatoms. The number of carbonyl (C=O) groups is 1. The molecule has 30 heavy (non-hydrogen) atoms. The molecule has 1 aliphatic rings. The lowest BCUT2D eigenvalue weighted by molar-refractivity contribution is -0.131. The molecular weight excluding hydrogens is 372 g/mol. The minimum absolute atomic E-state index is 0.238. The molecule has 2 heterocycles. The SMILES string of the molecule is CCc1ccc(CCC(=O)N2CCN(c3ccnc(-c4ccccc4)n3)CC2)cc1. The van der Waals surface area contributed by atoms with Gasteiger partial charge in [-0.05, 0) is 30.0 Å². The molecule has 0 saturated carbocycles. The van der Waals surface area contributed by atoms with E-state index in [-0.39, 0.29) is 5.91 Å². The Morgan fingerprint density at radius 3 is 2.30 bits per heavy atom. The van der Waals surface area contributed by atoms with Gasteiger partial charge in [0.25, 0.3) is 0 Å². The summed E-state index contributed by atoms with van der Waals surface area (Å²) in [5, 5.41) is 0. The summed E-state index contributed by atoms with van der Waals surface area (Å²) in [4.78, 5) is 26.0. The second kappa shape index (κ2) is 9.53. The highest BCUT2D eigenvalue weighted by atomic mass is 16.2. The van der Waals surface area contributed by atoms with E-state index in [0.29, 0.717) is 6.42 Å². The third-order valence-electron chi connectivity index (χ3n) is 5.69. The number of hydrogen-bond donors (Lipinski definition) is 0. The molecule has 3 aromatic rings. The van der Waals surface area contributed by atoms with E-state index in [1.165, 1.54) is 11.1 Å². The summed E-state index contributed by atoms with van der Waals surface area (Å²) >= 11 is 0. The van der Waals surface area contributed by atoms with Crippen molar-refractivity contribution in [2.45, 2.75) is 26.2 Å². The Morgan fingerprint density at radius 2 is 1.60 bits per heavy atom. The predicted molar refractivity (Wildman–Crippen MR) is 120 cm³/mol. The van der Waals surface area contributed by atoms with Crippen LogP contribution in [-0.4, -0.2) is 47.0 Å². The second-order valence-electron chi connectivity index (χ2n) is 7.64. The van der Waals surface area contributed by atoms with Crippen LogP contribution in [0.5, 0.6) is 0 Å². The van der Waals surface area contributed by atoms with Crippen molar-refractivity contribution < 1.29 is 4.79 Å². The normalized spacial score (nSPS) is 14.0. The molecule has 4 rings (SSSR count). The van der Waals surface area contributed by atoms with Crippen LogP contribution < -0.4 is 4.90 Å². The maximum absolute atomic E-state index is 12.7. The lowest BCUT2D eigenvalue weighted by atomic mass is 10.1. The molecular formula is C25H28N4O. The largest absolute Gasteiger partial charge is 0.353 e. The Balaban J connectivity index is 1.30. The van der Waals surface area contributed by atoms with E-state index in [4.69, 9.17) is 4.98 Å². The quantitative estimate of drug-likeness (QED) is 0.628. The summed E-state index contributed by atoms with van der Waals surface area (Å²) < 4.78 is 0. The lowest BCUT2D eigenvalue weighted by Crippen LogP contribution is -2.49. The van der Waals surface area contributed by atoms with Crippen molar-refractivity contribution in [3.05, 3.63) is 78.0 Å². The Morgan fingerprint density at radius 1 is 0.900 bits per heavy atom. The van der Waals surface area contributed by atoms with Gasteiger partial charge in [-0.25, -0.2) is 9.97 Å². The van der Waals surface area contributed by atoms with Gasteiger partial charge in [-0.3, -0.25) is 4.79 Å². The number of hydrogen-bond acceptors (Lipinski definition) is 4. The minimum atomic E-state index is 0.238. The molecule has 0 N–H and O–H groups in total. The van der Waals surface area contributed by atoms with Crippen molar-refractivity contribution in [1.82, 2.24) is 14.9 Å². The van der Waals surface area contributed by atoms with Crippen LogP contribution >= 0.6 is 0 Å². The summed E-state index contributed by atoms with van der Waals surface area (Å²) in [5.74, 6) is 1.90. The van der Waals surface area contributed by atoms with Gasteiger partial charge >= 0.3 is 0 Å². The van der Waals surface area contributed by atoms with Crippen molar-refractivity contribution in [1.29, 1.82) is 0 Å². The van der Waals surface area contributed by atoms with Crippen LogP contribution in [0.2, 0.25) is 0 Å². The molecule has 0 radical (unpaired) electrons. The summed E-state index contributed by atoms with van der Waals surface area (Å²) in [7, 11) is 0. The molecule has 1 amide bonds. The first kappa shape index (κ1) is 20.1. The molecule has 1 aromatic heterocycles. The summed E-state index contributed by atoms with van der Waals surface area (Å²) in [6.07, 6.45) is 4.22. The number of aryl methyl sites for hydroxylation is 2. The highest BCUT2D eigenvalue weighted by Gasteiger charge is 2.22. The van der Waals surface area contributed by atoms with E-state index >= 15 is 0 Å². The Kier molecular flexibility index (Phi) is 6.38. The van der Waals surface area contributed by atoms with Gasteiger partial charge in [0.1, 0.15) is 5.82 Å². The van der Waals surface area contributed by atoms with Gasteiger partial charge < -0.3 is 9.80 Å². The van der Waals surface area contributed by atoms with Crippen molar-refractivity contribution in [3.8, 4) is 11.4 Å². The fourth-order valence-electron chi connectivity index (χ4n) is 3.79. The van der Waals surface area contributed by atoms with Gasteiger partial charge in [-0.1, -0.05) is 61.5 Å². The number of piperazine rings is 1. The monoisotopic (exact) mass is 400 g/mol. The number of carbonyl (C=O) groups excluding carboxylic acids is 1. The zero-order chi connectivity index (χ0) is 20.8. The Bertz CT molecular complexity index is 964. The molecule has 0 spiro atoms. The van der Waals surface area contributed by atoms with Crippen LogP contribution in [0.4, 0.5) is 5.82 Å². The van der Waals surface area contributed by atoms with Crippen molar-refractivity contribution in [3.63, 3.8) is 0 Å². The van der Waals surface area contributed by atoms with Gasteiger partial charge in [0.15, 0.2) is 5.82 Å². The molecule has 0 bridgehead atoms. The molecule has 0 unspecified atom stereocenters. The number of rotatable bonds is 6. The van der Waals surface area contributed by atoms with E-state index in [2.05, 4.69) is 41.1 Å². The molecule has 1 saturated heterocycles. The Labute approximate surface area is 178 Å². The van der Waals surface area contributed by atoms with Crippen LogP contribution in [0, 0.1) is 0 Å². The average molecular weight is 401 g/mol. The Hall–Kier alpha value is -3.21. The molecule has 2 aromatic carbocycles. The molecule has 1 aliphatic heterocycles. The van der Waals surface area contributed by atoms with Gasteiger partial charge in [0.05, 0.1) is 0 Å². The minimum Gasteiger partial charge on any atom is -0.353 e. The van der Waals surface area contributed by atoms with Crippen LogP contribution in [-0.2, 0) is 17.6 Å². The molecule has 0 aliphatic carbocycles. The fourth-order valence-corrected chi connectivity index (χ4v) is 3.79. The van der Waals surface area contributed by atoms with Crippen LogP contribution in [0.15, 0.2) is 66.9 Å². The number of benzene rings is 2. The fraction of sp³-hybridized carbons (Fsp3) is 0.320. The summed E-state index contributed by atoms with van der Waals surface area (Å²) in [6, 6.07) is 20.6. The van der Waals surface area contributed by atoms with Gasteiger partial charge in [0, 0.05) is 44.4 Å². The second-order valence-corrected chi connectivity index (χ2v) is 7.64. The van der Waals surface area contributed by atoms with Gasteiger partial charge in [-0.15, -0.1) is 0 Å². The first-order valence-corrected chi connectivity index (χ1v) is 10.7. The first-order chi connectivity index (χ1) is 14.7. The van der Waals surface area contributed by atoms with E-state index in [1.807, 2.05) is 47.5 Å². The standard InChI is InChI=1S/C25H28N4O/c1-2-20-8-10-21(11-9-20)12-13-24(30)29-18-16-28(17-19-29)23-14-15-26-25(27-23)22-6-4-3-5-7-22/h3-11,14-15H,2,12-13,16-19H2,1H3. The zero-order valence-electron chi connectivity index (χ0n) is 17.5. The molecule has 5 nitrogen and oxygen atoms in total. The summed E-state index contributed by atoms with van der Waals surface area (Å²) in [5.41, 5.74) is 3.58. The zero-order valence-corrected chi connectivity index (χ0v) is 17.5. The number of anilines is 1. The summed E-state index contributed by atoms with van der Waals surface area (Å²) in [6.45, 7) is 5.21. The maximum atomic E-state index is 12.7. The van der Waals surface area contributed by atoms with E-state index in [9.17, 15) is 4.79 Å². The first-order valence-electron chi connectivity index (χ1n) is 10.7. The van der Waals surface area contributed by atoms with Crippen molar-refractivity contribution in [2.75, 3.05) is 31.1 Å². The van der Waals surface area contributed by atoms with Crippen LogP contribution in [0.3, 0.4) is 0 Å². The van der Waals surface area contributed by atoms with Crippen LogP contribution in [0.25, 0.3) is 11.4 Å². The number of nitrogens with zero attached hydrogens (tertiary/aromatic N) is 4. The van der Waals surface area contributed by atoms with E-state index in [1.54, 1.807) is 0 Å². The average Bonchev–Trinajstić information content (AvgIpc) is 2.83. The van der Waals surface area contributed by atoms with Gasteiger partial charge in [0.2, 0.25) is 5.91 Å². The van der Waals surface area contributed by atoms with Crippen molar-refractivity contribution in [2.24, 2.45) is 0 Å². The number of amides is 1. The lowest BCUT2D eigenvalue weighted by Gasteiger charge is -2.35. The third kappa shape index (κ3) is 4.85. The molecule has 1 fully saturated rings. The maximum Gasteiger partial charge on any atom is 0.223 e. The van der Waals surface area contributed by atoms with Gasteiger partial charge in [-0.2, -0.15) is 0 Å². The topological polar surface area (TPSA) is 49.3 Å². The van der Waals surface area contributed by atoms with E-state index in [0.717, 1.165) is 56.2 Å². The molecule has 0 atom stereocenters. The highest BCUT2D eigenvalue weighted by Crippen LogP contribution is 2.19. The highest BCUT2D eigenvalue weighted by molar-refractivity contribution is 5.76. The smallest absolute Gasteiger partial charge is 0.223 e. The predicted octanol–water partition coefficient (Wildman–Crippen LogP) is 3.99. The van der Waals surface area contributed by atoms with Crippen LogP contribution in [0.1, 0.15) is 24.5 Å². The van der Waals surface area contributed by atoms with E-state index < -0.39 is 0 Å². The number of aromatic nitrogens is 2.